The van der Waals surface area contributed by atoms with Crippen molar-refractivity contribution in [3.05, 3.63) is 0 Å². The van der Waals surface area contributed by atoms with E-state index in [-0.39, 0.29) is 5.92 Å². The summed E-state index contributed by atoms with van der Waals surface area (Å²) in [5.74, 6) is 1.19. The van der Waals surface area contributed by atoms with Gasteiger partial charge in [0.05, 0.1) is 0 Å². The number of amides is 1. The number of carbonyl (C=O) groups is 1. The van der Waals surface area contributed by atoms with Gasteiger partial charge in [-0.25, -0.2) is 0 Å². The summed E-state index contributed by atoms with van der Waals surface area (Å²) >= 11 is 0. The van der Waals surface area contributed by atoms with Crippen molar-refractivity contribution in [3.63, 3.8) is 0 Å². The Morgan fingerprint density at radius 2 is 2.00 bits per heavy atom. The van der Waals surface area contributed by atoms with Gasteiger partial charge in [-0.3, -0.25) is 4.79 Å². The summed E-state index contributed by atoms with van der Waals surface area (Å²) in [6.45, 7) is 9.38. The van der Waals surface area contributed by atoms with Crippen molar-refractivity contribution in [2.75, 3.05) is 6.54 Å². The summed E-state index contributed by atoms with van der Waals surface area (Å²) in [4.78, 5) is 13.7. The molecule has 1 heterocycles. The molecule has 1 atom stereocenters. The van der Waals surface area contributed by atoms with Crippen molar-refractivity contribution in [1.82, 2.24) is 4.90 Å². The molecule has 1 unspecified atom stereocenters. The van der Waals surface area contributed by atoms with E-state index in [1.165, 1.54) is 12.8 Å². The average molecular weight is 183 g/mol. The van der Waals surface area contributed by atoms with Gasteiger partial charge in [-0.2, -0.15) is 0 Å². The van der Waals surface area contributed by atoms with Gasteiger partial charge < -0.3 is 4.90 Å². The molecule has 2 heteroatoms. The lowest BCUT2D eigenvalue weighted by Gasteiger charge is -2.43. The second-order valence-electron chi connectivity index (χ2n) is 4.76. The molecule has 0 radical (unpaired) electrons. The van der Waals surface area contributed by atoms with Crippen molar-refractivity contribution in [2.24, 2.45) is 11.8 Å². The Morgan fingerprint density at radius 1 is 1.38 bits per heavy atom. The molecule has 1 fully saturated rings. The fourth-order valence-corrected chi connectivity index (χ4v) is 1.85. The predicted molar refractivity (Wildman–Crippen MR) is 54.4 cm³/mol. The second-order valence-corrected chi connectivity index (χ2v) is 4.76. The molecule has 0 aromatic heterocycles. The summed E-state index contributed by atoms with van der Waals surface area (Å²) in [6, 6.07) is 0.537. The number of carbonyl (C=O) groups excluding carboxylic acids is 1. The second kappa shape index (κ2) is 4.12. The molecule has 0 aliphatic carbocycles. The van der Waals surface area contributed by atoms with E-state index in [9.17, 15) is 4.79 Å². The monoisotopic (exact) mass is 183 g/mol. The van der Waals surface area contributed by atoms with E-state index >= 15 is 0 Å². The van der Waals surface area contributed by atoms with Crippen LogP contribution in [-0.2, 0) is 4.79 Å². The first-order chi connectivity index (χ1) is 6.02. The van der Waals surface area contributed by atoms with Crippen LogP contribution >= 0.6 is 0 Å². The summed E-state index contributed by atoms with van der Waals surface area (Å²) in [5.41, 5.74) is 0. The number of nitrogens with zero attached hydrogens (tertiary/aromatic N) is 1. The van der Waals surface area contributed by atoms with E-state index in [0.29, 0.717) is 17.9 Å². The fourth-order valence-electron chi connectivity index (χ4n) is 1.85. The minimum Gasteiger partial charge on any atom is -0.339 e. The lowest BCUT2D eigenvalue weighted by Crippen LogP contribution is -2.52. The first-order valence-electron chi connectivity index (χ1n) is 5.32. The van der Waals surface area contributed by atoms with Gasteiger partial charge in [0.25, 0.3) is 0 Å². The molecule has 76 valence electrons. The minimum absolute atomic E-state index is 0.162. The van der Waals surface area contributed by atoms with Crippen molar-refractivity contribution in [2.45, 2.75) is 46.6 Å². The van der Waals surface area contributed by atoms with E-state index in [1.54, 1.807) is 0 Å². The maximum Gasteiger partial charge on any atom is 0.225 e. The Balaban J connectivity index is 2.40. The molecule has 13 heavy (non-hydrogen) atoms. The highest BCUT2D eigenvalue weighted by atomic mass is 16.2. The molecular weight excluding hydrogens is 162 g/mol. The lowest BCUT2D eigenvalue weighted by atomic mass is 9.92. The van der Waals surface area contributed by atoms with Gasteiger partial charge in [0.2, 0.25) is 5.91 Å². The van der Waals surface area contributed by atoms with Gasteiger partial charge in [-0.15, -0.1) is 0 Å². The molecule has 0 spiro atoms. The zero-order valence-corrected chi connectivity index (χ0v) is 9.21. The van der Waals surface area contributed by atoms with Crippen LogP contribution in [0.1, 0.15) is 40.5 Å². The van der Waals surface area contributed by atoms with Crippen LogP contribution in [0.4, 0.5) is 0 Å². The Labute approximate surface area is 81.3 Å². The molecule has 0 bridgehead atoms. The average Bonchev–Trinajstić information content (AvgIpc) is 1.98. The van der Waals surface area contributed by atoms with Crippen LogP contribution in [0.5, 0.6) is 0 Å². The first-order valence-corrected chi connectivity index (χ1v) is 5.32. The Kier molecular flexibility index (Phi) is 3.34. The Morgan fingerprint density at radius 3 is 2.31 bits per heavy atom. The molecule has 0 N–H and O–H groups in total. The molecule has 0 aromatic rings. The van der Waals surface area contributed by atoms with Crippen LogP contribution in [0, 0.1) is 11.8 Å². The summed E-state index contributed by atoms with van der Waals surface area (Å²) in [5, 5.41) is 0. The summed E-state index contributed by atoms with van der Waals surface area (Å²) in [7, 11) is 0. The molecular formula is C11H21NO. The number of likely N-dealkylation sites (tertiary alicyclic amines) is 1. The summed E-state index contributed by atoms with van der Waals surface area (Å²) in [6.07, 6.45) is 2.37. The highest BCUT2D eigenvalue weighted by Gasteiger charge is 2.33. The minimum atomic E-state index is 0.162. The first kappa shape index (κ1) is 10.6. The van der Waals surface area contributed by atoms with Crippen LogP contribution in [0.15, 0.2) is 0 Å². The predicted octanol–water partition coefficient (Wildman–Crippen LogP) is 2.29. The summed E-state index contributed by atoms with van der Waals surface area (Å²) < 4.78 is 0. The maximum absolute atomic E-state index is 11.6. The normalized spacial score (nSPS) is 22.3. The van der Waals surface area contributed by atoms with E-state index in [0.717, 1.165) is 6.54 Å². The number of hydrogen-bond donors (Lipinski definition) is 0. The van der Waals surface area contributed by atoms with Gasteiger partial charge in [0, 0.05) is 18.5 Å². The quantitative estimate of drug-likeness (QED) is 0.657. The molecule has 1 saturated heterocycles. The van der Waals surface area contributed by atoms with Crippen molar-refractivity contribution >= 4 is 5.91 Å². The molecule has 2 nitrogen and oxygen atoms in total. The van der Waals surface area contributed by atoms with Gasteiger partial charge in [0.15, 0.2) is 0 Å². The zero-order chi connectivity index (χ0) is 10.0. The van der Waals surface area contributed by atoms with Gasteiger partial charge in [-0.1, -0.05) is 27.7 Å². The maximum atomic E-state index is 11.6. The van der Waals surface area contributed by atoms with Crippen LogP contribution in [0.25, 0.3) is 0 Å². The third kappa shape index (κ3) is 2.45. The molecule has 1 aliphatic heterocycles. The topological polar surface area (TPSA) is 20.3 Å². The van der Waals surface area contributed by atoms with Crippen LogP contribution < -0.4 is 0 Å². The van der Waals surface area contributed by atoms with Gasteiger partial charge in [0.1, 0.15) is 0 Å². The Hall–Kier alpha value is -0.530. The molecule has 0 saturated carbocycles. The Bertz CT molecular complexity index is 187. The SMILES string of the molecule is CC(C)CC1CCN1C(=O)C(C)C. The fraction of sp³-hybridized carbons (Fsp3) is 0.909. The number of hydrogen-bond acceptors (Lipinski definition) is 1. The van der Waals surface area contributed by atoms with Crippen molar-refractivity contribution < 1.29 is 4.79 Å². The van der Waals surface area contributed by atoms with Crippen molar-refractivity contribution in [3.8, 4) is 0 Å². The molecule has 1 amide bonds. The van der Waals surface area contributed by atoms with Gasteiger partial charge >= 0.3 is 0 Å². The third-order valence-corrected chi connectivity index (χ3v) is 2.66. The zero-order valence-electron chi connectivity index (χ0n) is 9.21. The third-order valence-electron chi connectivity index (χ3n) is 2.66. The highest BCUT2D eigenvalue weighted by molar-refractivity contribution is 5.79. The standard InChI is InChI=1S/C11H21NO/c1-8(2)7-10-5-6-12(10)11(13)9(3)4/h8-10H,5-7H2,1-4H3. The molecule has 1 rings (SSSR count). The van der Waals surface area contributed by atoms with E-state index in [4.69, 9.17) is 0 Å². The van der Waals surface area contributed by atoms with E-state index < -0.39 is 0 Å². The van der Waals surface area contributed by atoms with Gasteiger partial charge in [-0.05, 0) is 18.8 Å². The van der Waals surface area contributed by atoms with E-state index in [1.807, 2.05) is 18.7 Å². The molecule has 0 aromatic carbocycles. The molecule has 1 aliphatic rings. The van der Waals surface area contributed by atoms with Crippen LogP contribution in [0.3, 0.4) is 0 Å². The van der Waals surface area contributed by atoms with Crippen LogP contribution in [0.2, 0.25) is 0 Å². The van der Waals surface area contributed by atoms with Crippen molar-refractivity contribution in [1.29, 1.82) is 0 Å². The smallest absolute Gasteiger partial charge is 0.225 e. The van der Waals surface area contributed by atoms with E-state index in [2.05, 4.69) is 13.8 Å². The largest absolute Gasteiger partial charge is 0.339 e. The number of rotatable bonds is 3. The highest BCUT2D eigenvalue weighted by Crippen LogP contribution is 2.25. The van der Waals surface area contributed by atoms with Crippen LogP contribution in [-0.4, -0.2) is 23.4 Å². The lowest BCUT2D eigenvalue weighted by molar-refractivity contribution is -0.142.